The lowest BCUT2D eigenvalue weighted by molar-refractivity contribution is 0.0464. The maximum absolute atomic E-state index is 2.65. The highest BCUT2D eigenvalue weighted by atomic mass is 15.1. The van der Waals surface area contributed by atoms with Gasteiger partial charge in [0.1, 0.15) is 0 Å². The van der Waals surface area contributed by atoms with Gasteiger partial charge < -0.3 is 4.90 Å². The highest BCUT2D eigenvalue weighted by Gasteiger charge is 2.32. The SMILES string of the molecule is CCCC1CN2CCC1CC2. The molecule has 3 aliphatic heterocycles. The Morgan fingerprint density at radius 1 is 1.27 bits per heavy atom. The number of hydrogen-bond donors (Lipinski definition) is 0. The highest BCUT2D eigenvalue weighted by molar-refractivity contribution is 4.85. The van der Waals surface area contributed by atoms with Crippen LogP contribution >= 0.6 is 0 Å². The van der Waals surface area contributed by atoms with Crippen LogP contribution in [0.15, 0.2) is 0 Å². The Morgan fingerprint density at radius 3 is 2.45 bits per heavy atom. The molecule has 3 saturated heterocycles. The van der Waals surface area contributed by atoms with E-state index in [-0.39, 0.29) is 0 Å². The molecule has 1 heteroatoms. The minimum Gasteiger partial charge on any atom is -0.303 e. The molecule has 0 aromatic rings. The van der Waals surface area contributed by atoms with Gasteiger partial charge in [0, 0.05) is 6.54 Å². The van der Waals surface area contributed by atoms with Gasteiger partial charge in [-0.3, -0.25) is 0 Å². The van der Waals surface area contributed by atoms with Crippen molar-refractivity contribution in [2.45, 2.75) is 32.6 Å². The Morgan fingerprint density at radius 2 is 2.00 bits per heavy atom. The molecular weight excluding hydrogens is 134 g/mol. The van der Waals surface area contributed by atoms with Gasteiger partial charge in [-0.15, -0.1) is 0 Å². The molecular formula is C10H19N. The summed E-state index contributed by atoms with van der Waals surface area (Å²) in [5.74, 6) is 2.16. The number of fused-ring (bicyclic) bond motifs is 3. The van der Waals surface area contributed by atoms with Crippen LogP contribution in [-0.4, -0.2) is 24.5 Å². The Balaban J connectivity index is 1.92. The largest absolute Gasteiger partial charge is 0.303 e. The van der Waals surface area contributed by atoms with Gasteiger partial charge in [-0.2, -0.15) is 0 Å². The molecule has 2 bridgehead atoms. The van der Waals surface area contributed by atoms with E-state index in [9.17, 15) is 0 Å². The van der Waals surface area contributed by atoms with E-state index in [2.05, 4.69) is 11.8 Å². The van der Waals surface area contributed by atoms with E-state index in [1.165, 1.54) is 45.3 Å². The van der Waals surface area contributed by atoms with Gasteiger partial charge in [0.2, 0.25) is 0 Å². The van der Waals surface area contributed by atoms with Crippen LogP contribution < -0.4 is 0 Å². The van der Waals surface area contributed by atoms with Crippen molar-refractivity contribution in [1.82, 2.24) is 4.90 Å². The number of piperidine rings is 3. The van der Waals surface area contributed by atoms with E-state index in [1.54, 1.807) is 0 Å². The summed E-state index contributed by atoms with van der Waals surface area (Å²) in [6.07, 6.45) is 5.84. The third kappa shape index (κ3) is 1.44. The lowest BCUT2D eigenvalue weighted by Gasteiger charge is -2.44. The second kappa shape index (κ2) is 3.14. The predicted octanol–water partition coefficient (Wildman–Crippen LogP) is 2.13. The fourth-order valence-electron chi connectivity index (χ4n) is 2.79. The van der Waals surface area contributed by atoms with Gasteiger partial charge in [0.15, 0.2) is 0 Å². The summed E-state index contributed by atoms with van der Waals surface area (Å²) < 4.78 is 0. The quantitative estimate of drug-likeness (QED) is 0.587. The zero-order chi connectivity index (χ0) is 7.68. The van der Waals surface area contributed by atoms with Crippen LogP contribution in [0.1, 0.15) is 32.6 Å². The predicted molar refractivity (Wildman–Crippen MR) is 47.6 cm³/mol. The standard InChI is InChI=1S/C10H19N/c1-2-3-10-8-11-6-4-9(10)5-7-11/h9-10H,2-8H2,1H3. The minimum atomic E-state index is 1.06. The smallest absolute Gasteiger partial charge is 0.00123 e. The van der Waals surface area contributed by atoms with Crippen LogP contribution in [0.2, 0.25) is 0 Å². The molecule has 1 atom stereocenters. The molecule has 0 aromatic carbocycles. The van der Waals surface area contributed by atoms with Crippen molar-refractivity contribution in [3.8, 4) is 0 Å². The first-order valence-corrected chi connectivity index (χ1v) is 5.12. The monoisotopic (exact) mass is 153 g/mol. The Kier molecular flexibility index (Phi) is 2.17. The molecule has 3 rings (SSSR count). The second-order valence-electron chi connectivity index (χ2n) is 4.19. The molecule has 1 nitrogen and oxygen atoms in total. The summed E-state index contributed by atoms with van der Waals surface area (Å²) in [5.41, 5.74) is 0. The molecule has 3 fully saturated rings. The van der Waals surface area contributed by atoms with Crippen molar-refractivity contribution in [1.29, 1.82) is 0 Å². The van der Waals surface area contributed by atoms with Crippen molar-refractivity contribution >= 4 is 0 Å². The van der Waals surface area contributed by atoms with E-state index in [0.29, 0.717) is 0 Å². The zero-order valence-corrected chi connectivity index (χ0v) is 7.55. The molecule has 11 heavy (non-hydrogen) atoms. The van der Waals surface area contributed by atoms with Crippen molar-refractivity contribution in [2.24, 2.45) is 11.8 Å². The summed E-state index contributed by atoms with van der Waals surface area (Å²) >= 11 is 0. The van der Waals surface area contributed by atoms with Crippen LogP contribution in [-0.2, 0) is 0 Å². The van der Waals surface area contributed by atoms with Crippen molar-refractivity contribution in [3.05, 3.63) is 0 Å². The first-order valence-electron chi connectivity index (χ1n) is 5.12. The van der Waals surface area contributed by atoms with E-state index in [1.807, 2.05) is 0 Å². The first-order chi connectivity index (χ1) is 5.40. The molecule has 0 N–H and O–H groups in total. The fraction of sp³-hybridized carbons (Fsp3) is 1.00. The molecule has 0 spiro atoms. The summed E-state index contributed by atoms with van der Waals surface area (Å²) in [7, 11) is 0. The number of hydrogen-bond acceptors (Lipinski definition) is 1. The highest BCUT2D eigenvalue weighted by Crippen LogP contribution is 2.34. The van der Waals surface area contributed by atoms with Crippen molar-refractivity contribution in [2.75, 3.05) is 19.6 Å². The van der Waals surface area contributed by atoms with E-state index < -0.39 is 0 Å². The molecule has 0 saturated carbocycles. The second-order valence-corrected chi connectivity index (χ2v) is 4.19. The maximum Gasteiger partial charge on any atom is 0.00123 e. The molecule has 0 aromatic heterocycles. The lowest BCUT2D eigenvalue weighted by atomic mass is 9.77. The Labute approximate surface area is 69.8 Å². The minimum absolute atomic E-state index is 1.06. The van der Waals surface area contributed by atoms with Crippen LogP contribution in [0.4, 0.5) is 0 Å². The fourth-order valence-corrected chi connectivity index (χ4v) is 2.79. The molecule has 0 radical (unpaired) electrons. The topological polar surface area (TPSA) is 3.24 Å². The number of nitrogens with zero attached hydrogens (tertiary/aromatic N) is 1. The van der Waals surface area contributed by atoms with Gasteiger partial charge in [-0.1, -0.05) is 13.3 Å². The maximum atomic E-state index is 2.65. The average molecular weight is 153 g/mol. The Hall–Kier alpha value is -0.0400. The first kappa shape index (κ1) is 7.60. The summed E-state index contributed by atoms with van der Waals surface area (Å²) in [6, 6.07) is 0. The van der Waals surface area contributed by atoms with Crippen molar-refractivity contribution < 1.29 is 0 Å². The van der Waals surface area contributed by atoms with Gasteiger partial charge in [0.25, 0.3) is 0 Å². The molecule has 64 valence electrons. The zero-order valence-electron chi connectivity index (χ0n) is 7.55. The third-order valence-electron chi connectivity index (χ3n) is 3.45. The van der Waals surface area contributed by atoms with Crippen LogP contribution in [0.5, 0.6) is 0 Å². The van der Waals surface area contributed by atoms with Gasteiger partial charge in [-0.25, -0.2) is 0 Å². The lowest BCUT2D eigenvalue weighted by Crippen LogP contribution is -2.47. The summed E-state index contributed by atoms with van der Waals surface area (Å²) in [4.78, 5) is 2.65. The Bertz CT molecular complexity index is 125. The van der Waals surface area contributed by atoms with Crippen LogP contribution in [0.3, 0.4) is 0 Å². The normalized spacial score (nSPS) is 42.8. The van der Waals surface area contributed by atoms with E-state index in [0.717, 1.165) is 11.8 Å². The van der Waals surface area contributed by atoms with Crippen LogP contribution in [0, 0.1) is 11.8 Å². The van der Waals surface area contributed by atoms with E-state index >= 15 is 0 Å². The molecule has 3 aliphatic rings. The average Bonchev–Trinajstić information content (AvgIpc) is 2.07. The van der Waals surface area contributed by atoms with E-state index in [4.69, 9.17) is 0 Å². The molecule has 1 unspecified atom stereocenters. The molecule has 0 aliphatic carbocycles. The number of rotatable bonds is 2. The van der Waals surface area contributed by atoms with Gasteiger partial charge in [0.05, 0.1) is 0 Å². The molecule has 3 heterocycles. The summed E-state index contributed by atoms with van der Waals surface area (Å²) in [5, 5.41) is 0. The third-order valence-corrected chi connectivity index (χ3v) is 3.45. The van der Waals surface area contributed by atoms with Gasteiger partial charge in [-0.05, 0) is 44.2 Å². The summed E-state index contributed by atoms with van der Waals surface area (Å²) in [6.45, 7) is 6.52. The van der Waals surface area contributed by atoms with Crippen molar-refractivity contribution in [3.63, 3.8) is 0 Å². The molecule has 0 amide bonds. The van der Waals surface area contributed by atoms with Gasteiger partial charge >= 0.3 is 0 Å². The van der Waals surface area contributed by atoms with Crippen LogP contribution in [0.25, 0.3) is 0 Å².